The molecule has 13 nitrogen and oxygen atoms in total. The number of hydrogen-bond donors (Lipinski definition) is 0. The van der Waals surface area contributed by atoms with Crippen molar-refractivity contribution in [3.8, 4) is 0 Å². The third-order valence-electron chi connectivity index (χ3n) is 27.2. The van der Waals surface area contributed by atoms with Gasteiger partial charge in [-0.25, -0.2) is 0 Å². The van der Waals surface area contributed by atoms with E-state index >= 15 is 79.0 Å². The zero-order chi connectivity index (χ0) is 71.5. The SMILES string of the molecule is CC1CCC(OC2CCC(N3C(=O)C4CCC(C(C5CCC6C(=O)N(C7CCC(C(C8CCC(N9C(=O)C%10CCC(C(C%11CCC%12C(=O)N(C)C(=O)C%12C%11)(C(F)(F)F)C(F)(F)F)CC%10C9=O)CC8)(C(F)(F)F)C(F)(F)F)CC7)C(=O)C6C5)(C(F)(F)F)C(F)(F)F)CC4C3=O)CC2)CC1. The number of carbonyl (C=O) groups excluding carboxylic acids is 8. The van der Waals surface area contributed by atoms with Gasteiger partial charge in [0.2, 0.25) is 47.3 Å². The first-order valence-corrected chi connectivity index (χ1v) is 35.0. The van der Waals surface area contributed by atoms with Gasteiger partial charge in [-0.05, 0) is 221 Å². The second-order valence-electron chi connectivity index (χ2n) is 31.3. The van der Waals surface area contributed by atoms with Gasteiger partial charge in [0.1, 0.15) is 0 Å². The Bertz CT molecular complexity index is 3070. The Kier molecular flexibility index (Phi) is 18.9. The van der Waals surface area contributed by atoms with E-state index in [1.807, 2.05) is 0 Å². The topological polar surface area (TPSA) is 159 Å². The summed E-state index contributed by atoms with van der Waals surface area (Å²) < 4.78 is 290. The lowest BCUT2D eigenvalue weighted by atomic mass is 9.54. The van der Waals surface area contributed by atoms with Crippen molar-refractivity contribution in [3.63, 3.8) is 0 Å². The molecule has 550 valence electrons. The van der Waals surface area contributed by atoms with Crippen molar-refractivity contribution in [2.75, 3.05) is 7.05 Å². The van der Waals surface area contributed by atoms with Crippen molar-refractivity contribution >= 4 is 47.3 Å². The average Bonchev–Trinajstić information content (AvgIpc) is 1.12. The molecule has 0 bridgehead atoms. The van der Waals surface area contributed by atoms with Gasteiger partial charge in [-0.3, -0.25) is 58.0 Å². The molecule has 4 heterocycles. The number of imide groups is 4. The van der Waals surface area contributed by atoms with E-state index in [4.69, 9.17) is 4.74 Å². The Morgan fingerprint density at radius 2 is 0.469 bits per heavy atom. The van der Waals surface area contributed by atoms with E-state index in [-0.39, 0.29) is 12.2 Å². The molecule has 8 aliphatic carbocycles. The lowest BCUT2D eigenvalue weighted by Gasteiger charge is -2.52. The summed E-state index contributed by atoms with van der Waals surface area (Å²) >= 11 is 0. The minimum absolute atomic E-state index is 0.0631. The summed E-state index contributed by atoms with van der Waals surface area (Å²) in [5.41, 5.74) is -13.6. The number of halogens is 18. The number of nitrogens with zero attached hydrogens (tertiary/aromatic N) is 4. The normalized spacial score (nSPS) is 38.6. The van der Waals surface area contributed by atoms with Crippen LogP contribution in [0.4, 0.5) is 79.0 Å². The summed E-state index contributed by atoms with van der Waals surface area (Å²) in [6.45, 7) is 2.16. The molecule has 12 atom stereocenters. The molecule has 12 fully saturated rings. The van der Waals surface area contributed by atoms with E-state index in [9.17, 15) is 38.4 Å². The molecule has 0 aromatic rings. The van der Waals surface area contributed by atoms with Gasteiger partial charge in [-0.2, -0.15) is 79.0 Å². The highest BCUT2D eigenvalue weighted by Crippen LogP contribution is 2.71. The van der Waals surface area contributed by atoms with Crippen LogP contribution in [-0.2, 0) is 43.1 Å². The highest BCUT2D eigenvalue weighted by Gasteiger charge is 2.81. The third kappa shape index (κ3) is 11.2. The molecule has 12 unspecified atom stereocenters. The lowest BCUT2D eigenvalue weighted by molar-refractivity contribution is -0.384. The zero-order valence-corrected chi connectivity index (χ0v) is 54.1. The smallest absolute Gasteiger partial charge is 0.375 e. The fourth-order valence-corrected chi connectivity index (χ4v) is 22.6. The Labute approximate surface area is 553 Å². The highest BCUT2D eigenvalue weighted by atomic mass is 19.4. The van der Waals surface area contributed by atoms with Crippen LogP contribution in [-0.4, -0.2) is 141 Å². The number of hydrogen-bond acceptors (Lipinski definition) is 9. The Hall–Kier alpha value is -4.74. The van der Waals surface area contributed by atoms with Crippen LogP contribution < -0.4 is 0 Å². The van der Waals surface area contributed by atoms with Crippen molar-refractivity contribution in [1.82, 2.24) is 19.6 Å². The Balaban J connectivity index is 0.706. The van der Waals surface area contributed by atoms with Crippen molar-refractivity contribution in [2.45, 2.75) is 254 Å². The van der Waals surface area contributed by atoms with Crippen LogP contribution in [0.2, 0.25) is 0 Å². The van der Waals surface area contributed by atoms with Crippen LogP contribution in [0, 0.1) is 105 Å². The summed E-state index contributed by atoms with van der Waals surface area (Å²) in [4.78, 5) is 113. The van der Waals surface area contributed by atoms with Gasteiger partial charge < -0.3 is 4.74 Å². The molecule has 0 N–H and O–H groups in total. The standard InChI is InChI=1S/C67H82F18N4O9/c1-31-3-19-41(20-4-31)98-42-21-17-40(18-22-42)89-55(94)46-26-12-37(30-50(46)58(89)97)61(66(80,81)82,67(83,84)85)36-11-25-45-49(29-36)57(96)88(54(45)93)39-15-7-33(8-16-39)59(62(68,69)70,63(71,72)73)32-5-13-38(14-6-32)87-53(92)44-24-10-35(28-48(44)56(87)95)60(64(74,75)76,65(77,78)79)34-9-23-43-47(27-34)52(91)86(2)51(43)90/h31-50H,3-30H2,1-2H3. The molecule has 12 rings (SSSR count). The largest absolute Gasteiger partial charge is 0.403 e. The van der Waals surface area contributed by atoms with Crippen LogP contribution in [0.5, 0.6) is 0 Å². The van der Waals surface area contributed by atoms with Gasteiger partial charge in [0, 0.05) is 25.2 Å². The first kappa shape index (κ1) is 73.0. The molecular formula is C67H82F18N4O9. The molecule has 4 saturated heterocycles. The number of amides is 8. The summed E-state index contributed by atoms with van der Waals surface area (Å²) in [5.74, 6) is -33.1. The zero-order valence-electron chi connectivity index (χ0n) is 54.1. The molecule has 0 spiro atoms. The average molecular weight is 1430 g/mol. The predicted molar refractivity (Wildman–Crippen MR) is 304 cm³/mol. The van der Waals surface area contributed by atoms with Crippen molar-refractivity contribution < 1.29 is 122 Å². The number of rotatable bonds is 11. The van der Waals surface area contributed by atoms with Gasteiger partial charge >= 0.3 is 37.1 Å². The van der Waals surface area contributed by atoms with Crippen LogP contribution in [0.1, 0.15) is 187 Å². The minimum atomic E-state index is -6.09. The first-order valence-electron chi connectivity index (χ1n) is 35.0. The molecule has 0 radical (unpaired) electrons. The summed E-state index contributed by atoms with van der Waals surface area (Å²) in [5, 5.41) is 0. The third-order valence-corrected chi connectivity index (χ3v) is 27.2. The number of carbonyl (C=O) groups is 8. The fourth-order valence-electron chi connectivity index (χ4n) is 22.6. The molecule has 0 aromatic carbocycles. The molecule has 8 amide bonds. The van der Waals surface area contributed by atoms with Crippen molar-refractivity contribution in [2.24, 2.45) is 105 Å². The van der Waals surface area contributed by atoms with Crippen LogP contribution in [0.3, 0.4) is 0 Å². The van der Waals surface area contributed by atoms with E-state index in [2.05, 4.69) is 6.92 Å². The Morgan fingerprint density at radius 1 is 0.265 bits per heavy atom. The van der Waals surface area contributed by atoms with Gasteiger partial charge in [0.25, 0.3) is 0 Å². The predicted octanol–water partition coefficient (Wildman–Crippen LogP) is 14.6. The number of likely N-dealkylation sites (tertiary alicyclic amines) is 4. The summed E-state index contributed by atoms with van der Waals surface area (Å²) in [6, 6.07) is -3.49. The molecule has 31 heteroatoms. The lowest BCUT2D eigenvalue weighted by Crippen LogP contribution is -2.61. The number of ether oxygens (including phenoxy) is 1. The van der Waals surface area contributed by atoms with E-state index in [0.29, 0.717) is 46.3 Å². The highest BCUT2D eigenvalue weighted by molar-refractivity contribution is 6.07. The number of alkyl halides is 18. The van der Waals surface area contributed by atoms with Crippen LogP contribution in [0.15, 0.2) is 0 Å². The molecule has 98 heavy (non-hydrogen) atoms. The fraction of sp³-hybridized carbons (Fsp3) is 0.881. The van der Waals surface area contributed by atoms with Gasteiger partial charge in [0.15, 0.2) is 16.2 Å². The maximum atomic E-state index is 15.9. The maximum Gasteiger partial charge on any atom is 0.403 e. The molecule has 8 saturated carbocycles. The molecular weight excluding hydrogens is 1350 g/mol. The van der Waals surface area contributed by atoms with E-state index in [1.54, 1.807) is 0 Å². The van der Waals surface area contributed by atoms with Gasteiger partial charge in [-0.15, -0.1) is 0 Å². The Morgan fingerprint density at radius 3 is 0.745 bits per heavy atom. The van der Waals surface area contributed by atoms with Gasteiger partial charge in [0.05, 0.1) is 59.6 Å². The van der Waals surface area contributed by atoms with Gasteiger partial charge in [-0.1, -0.05) is 6.92 Å². The van der Waals surface area contributed by atoms with Crippen molar-refractivity contribution in [1.29, 1.82) is 0 Å². The van der Waals surface area contributed by atoms with E-state index < -0.39 is 330 Å². The number of fused-ring (bicyclic) bond motifs is 4. The second kappa shape index (κ2) is 25.3. The molecule has 4 aliphatic heterocycles. The molecule has 12 aliphatic rings. The first-order chi connectivity index (χ1) is 45.6. The monoisotopic (exact) mass is 1430 g/mol. The maximum absolute atomic E-state index is 15.9. The second-order valence-corrected chi connectivity index (χ2v) is 31.3. The van der Waals surface area contributed by atoms with Crippen LogP contribution in [0.25, 0.3) is 0 Å². The quantitative estimate of drug-likeness (QED) is 0.145. The molecule has 0 aromatic heterocycles. The van der Waals surface area contributed by atoms with E-state index in [0.717, 1.165) is 37.6 Å². The van der Waals surface area contributed by atoms with E-state index in [1.165, 1.54) is 0 Å². The summed E-state index contributed by atoms with van der Waals surface area (Å²) in [7, 11) is 1.06. The van der Waals surface area contributed by atoms with Crippen LogP contribution >= 0.6 is 0 Å². The summed E-state index contributed by atoms with van der Waals surface area (Å²) in [6.07, 6.45) is -47.5. The van der Waals surface area contributed by atoms with Crippen molar-refractivity contribution in [3.05, 3.63) is 0 Å². The minimum Gasteiger partial charge on any atom is -0.375 e.